The zero-order valence-corrected chi connectivity index (χ0v) is 11.0. The lowest BCUT2D eigenvalue weighted by Gasteiger charge is -2.15. The molecule has 1 aliphatic rings. The van der Waals surface area contributed by atoms with Crippen LogP contribution in [0.5, 0.6) is 0 Å². The van der Waals surface area contributed by atoms with Gasteiger partial charge in [-0.2, -0.15) is 0 Å². The van der Waals surface area contributed by atoms with Crippen molar-refractivity contribution in [1.82, 2.24) is 0 Å². The maximum Gasteiger partial charge on any atom is 0.237 e. The number of nitrogens with zero attached hydrogens (tertiary/aromatic N) is 1. The zero-order valence-electron chi connectivity index (χ0n) is 10.2. The van der Waals surface area contributed by atoms with Gasteiger partial charge in [0.2, 0.25) is 11.8 Å². The van der Waals surface area contributed by atoms with Crippen LogP contribution >= 0.6 is 12.2 Å². The van der Waals surface area contributed by atoms with Crippen LogP contribution in [0.4, 0.5) is 5.69 Å². The summed E-state index contributed by atoms with van der Waals surface area (Å²) < 4.78 is 0. The molecule has 18 heavy (non-hydrogen) atoms. The predicted molar refractivity (Wildman–Crippen MR) is 73.2 cm³/mol. The van der Waals surface area contributed by atoms with E-state index < -0.39 is 0 Å². The van der Waals surface area contributed by atoms with E-state index >= 15 is 0 Å². The molecule has 1 saturated heterocycles. The Morgan fingerprint density at radius 3 is 2.28 bits per heavy atom. The fourth-order valence-electron chi connectivity index (χ4n) is 2.00. The maximum absolute atomic E-state index is 12.0. The Kier molecular flexibility index (Phi) is 3.17. The third-order valence-electron chi connectivity index (χ3n) is 3.36. The van der Waals surface area contributed by atoms with Crippen LogP contribution in [0.2, 0.25) is 0 Å². The number of anilines is 1. The van der Waals surface area contributed by atoms with Crippen molar-refractivity contribution in [3.63, 3.8) is 0 Å². The summed E-state index contributed by atoms with van der Waals surface area (Å²) in [6.07, 6.45) is 0. The van der Waals surface area contributed by atoms with Gasteiger partial charge in [0.25, 0.3) is 0 Å². The number of nitrogens with two attached hydrogens (primary N) is 1. The summed E-state index contributed by atoms with van der Waals surface area (Å²) in [6.45, 7) is 3.53. The molecule has 1 aliphatic heterocycles. The molecule has 2 atom stereocenters. The molecular formula is C13H14N2O2S. The second-order valence-corrected chi connectivity index (χ2v) is 4.94. The summed E-state index contributed by atoms with van der Waals surface area (Å²) >= 11 is 4.89. The van der Waals surface area contributed by atoms with E-state index in [1.54, 1.807) is 38.1 Å². The quantitative estimate of drug-likeness (QED) is 0.647. The van der Waals surface area contributed by atoms with Crippen LogP contribution in [0.15, 0.2) is 24.3 Å². The average Bonchev–Trinajstić information content (AvgIpc) is 2.54. The molecule has 2 rings (SSSR count). The molecule has 0 radical (unpaired) electrons. The number of thiocarbonyl (C=S) groups is 1. The highest BCUT2D eigenvalue weighted by atomic mass is 32.1. The average molecular weight is 262 g/mol. The number of imide groups is 1. The molecule has 1 heterocycles. The van der Waals surface area contributed by atoms with E-state index in [0.29, 0.717) is 11.3 Å². The molecular weight excluding hydrogens is 248 g/mol. The first kappa shape index (κ1) is 12.7. The van der Waals surface area contributed by atoms with E-state index in [4.69, 9.17) is 18.0 Å². The van der Waals surface area contributed by atoms with Gasteiger partial charge >= 0.3 is 0 Å². The Morgan fingerprint density at radius 1 is 1.22 bits per heavy atom. The largest absolute Gasteiger partial charge is 0.389 e. The molecule has 5 heteroatoms. The van der Waals surface area contributed by atoms with E-state index in [1.165, 1.54) is 4.90 Å². The lowest BCUT2D eigenvalue weighted by Crippen LogP contribution is -2.30. The lowest BCUT2D eigenvalue weighted by molar-refractivity contribution is -0.122. The number of rotatable bonds is 2. The Hall–Kier alpha value is -1.75. The zero-order chi connectivity index (χ0) is 13.4. The smallest absolute Gasteiger partial charge is 0.237 e. The lowest BCUT2D eigenvalue weighted by atomic mass is 10.00. The van der Waals surface area contributed by atoms with Gasteiger partial charge in [-0.05, 0) is 12.1 Å². The molecule has 0 aliphatic carbocycles. The summed E-state index contributed by atoms with van der Waals surface area (Å²) in [7, 11) is 0. The molecule has 94 valence electrons. The summed E-state index contributed by atoms with van der Waals surface area (Å²) in [4.78, 5) is 25.6. The minimum atomic E-state index is -0.286. The molecule has 0 spiro atoms. The molecule has 0 saturated carbocycles. The van der Waals surface area contributed by atoms with E-state index in [-0.39, 0.29) is 28.6 Å². The molecule has 0 aromatic heterocycles. The van der Waals surface area contributed by atoms with Crippen molar-refractivity contribution in [3.8, 4) is 0 Å². The van der Waals surface area contributed by atoms with Gasteiger partial charge in [-0.15, -0.1) is 0 Å². The second-order valence-electron chi connectivity index (χ2n) is 4.50. The number of carbonyl (C=O) groups excluding carboxylic acids is 2. The van der Waals surface area contributed by atoms with Gasteiger partial charge in [0, 0.05) is 17.4 Å². The number of amides is 2. The van der Waals surface area contributed by atoms with Crippen molar-refractivity contribution in [2.24, 2.45) is 17.6 Å². The first-order valence-corrected chi connectivity index (χ1v) is 6.12. The monoisotopic (exact) mass is 262 g/mol. The van der Waals surface area contributed by atoms with Crippen molar-refractivity contribution in [3.05, 3.63) is 29.8 Å². The third-order valence-corrected chi connectivity index (χ3v) is 3.59. The molecule has 1 fully saturated rings. The highest BCUT2D eigenvalue weighted by molar-refractivity contribution is 7.80. The molecule has 2 amide bonds. The Balaban J connectivity index is 2.43. The van der Waals surface area contributed by atoms with E-state index in [9.17, 15) is 9.59 Å². The first-order chi connectivity index (χ1) is 8.43. The van der Waals surface area contributed by atoms with Crippen LogP contribution in [0.25, 0.3) is 0 Å². The fourth-order valence-corrected chi connectivity index (χ4v) is 2.12. The Bertz CT molecular complexity index is 522. The van der Waals surface area contributed by atoms with Gasteiger partial charge in [-0.3, -0.25) is 14.5 Å². The predicted octanol–water partition coefficient (Wildman–Crippen LogP) is 1.47. The molecule has 2 unspecified atom stereocenters. The normalized spacial score (nSPS) is 23.6. The molecule has 4 nitrogen and oxygen atoms in total. The van der Waals surface area contributed by atoms with Crippen molar-refractivity contribution in [2.75, 3.05) is 4.90 Å². The Morgan fingerprint density at radius 2 is 1.78 bits per heavy atom. The molecule has 0 bridgehead atoms. The topological polar surface area (TPSA) is 63.4 Å². The molecule has 1 aromatic carbocycles. The van der Waals surface area contributed by atoms with Gasteiger partial charge in [0.05, 0.1) is 5.69 Å². The van der Waals surface area contributed by atoms with Crippen molar-refractivity contribution in [2.45, 2.75) is 13.8 Å². The van der Waals surface area contributed by atoms with Crippen LogP contribution in [0.3, 0.4) is 0 Å². The van der Waals surface area contributed by atoms with E-state index in [0.717, 1.165) is 0 Å². The number of carbonyl (C=O) groups is 2. The van der Waals surface area contributed by atoms with Crippen LogP contribution in [0, 0.1) is 11.8 Å². The van der Waals surface area contributed by atoms with Crippen LogP contribution < -0.4 is 10.6 Å². The second kappa shape index (κ2) is 4.49. The van der Waals surface area contributed by atoms with E-state index in [2.05, 4.69) is 0 Å². The summed E-state index contributed by atoms with van der Waals surface area (Å²) in [5.41, 5.74) is 6.73. The van der Waals surface area contributed by atoms with E-state index in [1.807, 2.05) is 0 Å². The highest BCUT2D eigenvalue weighted by Gasteiger charge is 2.43. The fraction of sp³-hybridized carbons (Fsp3) is 0.308. The minimum absolute atomic E-state index is 0.174. The van der Waals surface area contributed by atoms with Crippen molar-refractivity contribution in [1.29, 1.82) is 0 Å². The van der Waals surface area contributed by atoms with Gasteiger partial charge in [0.1, 0.15) is 4.99 Å². The molecule has 2 N–H and O–H groups in total. The standard InChI is InChI=1S/C13H14N2O2S/c1-7-8(2)13(17)15(12(7)16)10-5-3-4-9(6-10)11(14)18/h3-8H,1-2H3,(H2,14,18). The number of benzene rings is 1. The molecule has 1 aromatic rings. The summed E-state index contributed by atoms with van der Waals surface area (Å²) in [5, 5.41) is 0. The number of hydrogen-bond donors (Lipinski definition) is 1. The summed E-state index contributed by atoms with van der Waals surface area (Å²) in [6, 6.07) is 6.87. The van der Waals surface area contributed by atoms with Crippen LogP contribution in [0.1, 0.15) is 19.4 Å². The van der Waals surface area contributed by atoms with Gasteiger partial charge < -0.3 is 5.73 Å². The van der Waals surface area contributed by atoms with Gasteiger partial charge in [0.15, 0.2) is 0 Å². The van der Waals surface area contributed by atoms with Crippen molar-refractivity contribution < 1.29 is 9.59 Å². The maximum atomic E-state index is 12.0. The summed E-state index contributed by atoms with van der Waals surface area (Å²) in [5.74, 6) is -0.919. The van der Waals surface area contributed by atoms with Crippen molar-refractivity contribution >= 4 is 34.7 Å². The van der Waals surface area contributed by atoms with Gasteiger partial charge in [-0.1, -0.05) is 38.2 Å². The first-order valence-electron chi connectivity index (χ1n) is 5.71. The highest BCUT2D eigenvalue weighted by Crippen LogP contribution is 2.30. The Labute approximate surface area is 111 Å². The minimum Gasteiger partial charge on any atom is -0.389 e. The SMILES string of the molecule is CC1C(=O)N(c2cccc(C(N)=S)c2)C(=O)C1C. The third kappa shape index (κ3) is 1.90. The van der Waals surface area contributed by atoms with Crippen LogP contribution in [-0.4, -0.2) is 16.8 Å². The number of hydrogen-bond acceptors (Lipinski definition) is 3. The van der Waals surface area contributed by atoms with Crippen LogP contribution in [-0.2, 0) is 9.59 Å². The van der Waals surface area contributed by atoms with Gasteiger partial charge in [-0.25, -0.2) is 0 Å².